The molecule has 0 radical (unpaired) electrons. The summed E-state index contributed by atoms with van der Waals surface area (Å²) in [5.41, 5.74) is 1.65. The number of benzene rings is 3. The highest BCUT2D eigenvalue weighted by Crippen LogP contribution is 2.42. The van der Waals surface area contributed by atoms with Crippen molar-refractivity contribution in [2.24, 2.45) is 0 Å². The number of carbonyl (C=O) groups is 1. The molecular weight excluding hydrogens is 506 g/mol. The van der Waals surface area contributed by atoms with Crippen LogP contribution in [0.2, 0.25) is 5.02 Å². The van der Waals surface area contributed by atoms with Gasteiger partial charge in [0.05, 0.1) is 17.0 Å². The van der Waals surface area contributed by atoms with E-state index in [4.69, 9.17) is 20.8 Å². The number of halogens is 2. The Bertz CT molecular complexity index is 1480. The third-order valence-corrected chi connectivity index (χ3v) is 6.19. The van der Waals surface area contributed by atoms with E-state index in [0.717, 1.165) is 10.0 Å². The number of ether oxygens (including phenoxy) is 1. The second-order valence-electron chi connectivity index (χ2n) is 7.54. The Morgan fingerprint density at radius 2 is 1.91 bits per heavy atom. The third kappa shape index (κ3) is 3.75. The van der Waals surface area contributed by atoms with Crippen LogP contribution in [0.1, 0.15) is 27.7 Å². The lowest BCUT2D eigenvalue weighted by atomic mass is 9.98. The molecule has 1 aliphatic heterocycles. The molecule has 5 rings (SSSR count). The zero-order valence-corrected chi connectivity index (χ0v) is 19.6. The zero-order valence-electron chi connectivity index (χ0n) is 17.3. The van der Waals surface area contributed by atoms with E-state index in [1.807, 2.05) is 48.5 Å². The molecule has 0 bridgehead atoms. The minimum atomic E-state index is -0.700. The predicted octanol–water partition coefficient (Wildman–Crippen LogP) is 6.52. The molecule has 1 amide bonds. The van der Waals surface area contributed by atoms with Crippen molar-refractivity contribution in [2.45, 2.75) is 6.04 Å². The van der Waals surface area contributed by atoms with Crippen LogP contribution in [0.5, 0.6) is 5.75 Å². The molecule has 0 aliphatic carbocycles. The van der Waals surface area contributed by atoms with Crippen LogP contribution in [0.4, 0.5) is 5.69 Å². The summed E-state index contributed by atoms with van der Waals surface area (Å²) in [7, 11) is 0. The molecule has 4 aromatic rings. The first kappa shape index (κ1) is 21.5. The maximum atomic E-state index is 13.7. The number of carbonyl (C=O) groups excluding carboxylic acids is 1. The van der Waals surface area contributed by atoms with Crippen molar-refractivity contribution >= 4 is 50.1 Å². The van der Waals surface area contributed by atoms with E-state index >= 15 is 0 Å². The van der Waals surface area contributed by atoms with Gasteiger partial charge >= 0.3 is 0 Å². The fraction of sp³-hybridized carbons (Fsp3) is 0.0769. The molecule has 0 fully saturated rings. The molecule has 0 N–H and O–H groups in total. The first-order valence-electron chi connectivity index (χ1n) is 10.2. The Kier molecular flexibility index (Phi) is 5.56. The van der Waals surface area contributed by atoms with Gasteiger partial charge in [0.1, 0.15) is 17.9 Å². The van der Waals surface area contributed by atoms with Crippen molar-refractivity contribution in [2.75, 3.05) is 11.5 Å². The van der Waals surface area contributed by atoms with E-state index in [1.54, 1.807) is 29.2 Å². The zero-order chi connectivity index (χ0) is 23.1. The van der Waals surface area contributed by atoms with Crippen LogP contribution in [0.15, 0.2) is 93.1 Å². The maximum Gasteiger partial charge on any atom is 0.295 e. The molecule has 2 heterocycles. The van der Waals surface area contributed by atoms with Crippen LogP contribution in [0, 0.1) is 0 Å². The second-order valence-corrected chi connectivity index (χ2v) is 8.90. The van der Waals surface area contributed by atoms with Crippen LogP contribution < -0.4 is 15.1 Å². The number of hydrogen-bond donors (Lipinski definition) is 0. The fourth-order valence-corrected chi connectivity index (χ4v) is 4.64. The van der Waals surface area contributed by atoms with E-state index in [2.05, 4.69) is 22.5 Å². The molecule has 0 saturated carbocycles. The molecule has 7 heteroatoms. The highest BCUT2D eigenvalue weighted by atomic mass is 79.9. The van der Waals surface area contributed by atoms with Gasteiger partial charge in [0, 0.05) is 15.2 Å². The normalized spacial score (nSPS) is 15.0. The molecule has 0 saturated heterocycles. The summed E-state index contributed by atoms with van der Waals surface area (Å²) < 4.78 is 12.5. The van der Waals surface area contributed by atoms with Crippen LogP contribution in [0.3, 0.4) is 0 Å². The van der Waals surface area contributed by atoms with Gasteiger partial charge in [-0.05, 0) is 54.1 Å². The third-order valence-electron chi connectivity index (χ3n) is 5.46. The summed E-state index contributed by atoms with van der Waals surface area (Å²) >= 11 is 9.62. The molecule has 1 atom stereocenters. The fourth-order valence-electron chi connectivity index (χ4n) is 4.08. The average molecular weight is 523 g/mol. The topological polar surface area (TPSA) is 59.8 Å². The molecule has 1 aromatic heterocycles. The van der Waals surface area contributed by atoms with E-state index < -0.39 is 6.04 Å². The summed E-state index contributed by atoms with van der Waals surface area (Å²) in [6.07, 6.45) is 1.65. The van der Waals surface area contributed by atoms with Gasteiger partial charge in [0.15, 0.2) is 5.43 Å². The number of fused-ring (bicyclic) bond motifs is 2. The van der Waals surface area contributed by atoms with Crippen molar-refractivity contribution in [3.05, 3.63) is 116 Å². The number of nitrogens with zero attached hydrogens (tertiary/aromatic N) is 1. The van der Waals surface area contributed by atoms with Gasteiger partial charge in [-0.1, -0.05) is 58.4 Å². The summed E-state index contributed by atoms with van der Waals surface area (Å²) in [5.74, 6) is 0.243. The van der Waals surface area contributed by atoms with Gasteiger partial charge < -0.3 is 9.15 Å². The van der Waals surface area contributed by atoms with E-state index in [0.29, 0.717) is 34.0 Å². The first-order valence-corrected chi connectivity index (χ1v) is 11.3. The summed E-state index contributed by atoms with van der Waals surface area (Å²) in [6.45, 7) is 4.01. The standard InChI is InChI=1S/C26H17BrClNO4/c1-2-11-32-19-8-3-5-15(12-19)23-22-24(30)20-14-17(28)9-10-21(20)33-25(22)26(31)29(23)18-7-4-6-16(27)13-18/h2-10,12-14,23H,1,11H2. The number of hydrogen-bond acceptors (Lipinski definition) is 4. The second kappa shape index (κ2) is 8.54. The minimum Gasteiger partial charge on any atom is -0.490 e. The van der Waals surface area contributed by atoms with Gasteiger partial charge in [-0.2, -0.15) is 0 Å². The Hall–Kier alpha value is -3.35. The van der Waals surface area contributed by atoms with Crippen molar-refractivity contribution < 1.29 is 13.9 Å². The monoisotopic (exact) mass is 521 g/mol. The van der Waals surface area contributed by atoms with Crippen LogP contribution in [-0.4, -0.2) is 12.5 Å². The number of rotatable bonds is 5. The molecule has 164 valence electrons. The molecule has 33 heavy (non-hydrogen) atoms. The van der Waals surface area contributed by atoms with Gasteiger partial charge in [0.25, 0.3) is 5.91 Å². The Labute approximate surface area is 203 Å². The Balaban J connectivity index is 1.78. The molecule has 1 aliphatic rings. The Morgan fingerprint density at radius 1 is 1.09 bits per heavy atom. The van der Waals surface area contributed by atoms with E-state index in [-0.39, 0.29) is 22.7 Å². The van der Waals surface area contributed by atoms with E-state index in [9.17, 15) is 9.59 Å². The van der Waals surface area contributed by atoms with Gasteiger partial charge in [-0.15, -0.1) is 0 Å². The lowest BCUT2D eigenvalue weighted by Crippen LogP contribution is -2.29. The van der Waals surface area contributed by atoms with Gasteiger partial charge in [0.2, 0.25) is 5.76 Å². The highest BCUT2D eigenvalue weighted by Gasteiger charge is 2.43. The molecular formula is C26H17BrClNO4. The van der Waals surface area contributed by atoms with Gasteiger partial charge in [-0.25, -0.2) is 0 Å². The Morgan fingerprint density at radius 3 is 2.70 bits per heavy atom. The summed E-state index contributed by atoms with van der Waals surface area (Å²) in [5, 5.41) is 0.744. The highest BCUT2D eigenvalue weighted by molar-refractivity contribution is 9.10. The summed E-state index contributed by atoms with van der Waals surface area (Å²) in [6, 6.07) is 18.8. The quantitative estimate of drug-likeness (QED) is 0.280. The van der Waals surface area contributed by atoms with Crippen LogP contribution in [0.25, 0.3) is 11.0 Å². The van der Waals surface area contributed by atoms with Crippen molar-refractivity contribution in [1.82, 2.24) is 0 Å². The lowest BCUT2D eigenvalue weighted by Gasteiger charge is -2.25. The molecule has 5 nitrogen and oxygen atoms in total. The number of anilines is 1. The molecule has 1 unspecified atom stereocenters. The first-order chi connectivity index (χ1) is 16.0. The van der Waals surface area contributed by atoms with Crippen molar-refractivity contribution in [1.29, 1.82) is 0 Å². The average Bonchev–Trinajstić information content (AvgIpc) is 3.11. The lowest BCUT2D eigenvalue weighted by molar-refractivity contribution is 0.0971. The molecule has 3 aromatic carbocycles. The predicted molar refractivity (Wildman–Crippen MR) is 132 cm³/mol. The maximum absolute atomic E-state index is 13.7. The molecule has 0 spiro atoms. The number of amides is 1. The van der Waals surface area contributed by atoms with E-state index in [1.165, 1.54) is 0 Å². The van der Waals surface area contributed by atoms with Crippen molar-refractivity contribution in [3.8, 4) is 5.75 Å². The largest absolute Gasteiger partial charge is 0.490 e. The summed E-state index contributed by atoms with van der Waals surface area (Å²) in [4.78, 5) is 28.8. The minimum absolute atomic E-state index is 0.0252. The van der Waals surface area contributed by atoms with Crippen LogP contribution in [-0.2, 0) is 0 Å². The van der Waals surface area contributed by atoms with Crippen molar-refractivity contribution in [3.63, 3.8) is 0 Å². The van der Waals surface area contributed by atoms with Gasteiger partial charge in [-0.3, -0.25) is 14.5 Å². The SMILES string of the molecule is C=CCOc1cccc(C2c3c(oc4ccc(Cl)cc4c3=O)C(=O)N2c2cccc(Br)c2)c1. The smallest absolute Gasteiger partial charge is 0.295 e. The van der Waals surface area contributed by atoms with Crippen LogP contribution >= 0.6 is 27.5 Å².